The third-order valence-corrected chi connectivity index (χ3v) is 4.38. The number of benzene rings is 1. The molecule has 2 atom stereocenters. The number of nitrogens with zero attached hydrogens (tertiary/aromatic N) is 2. The summed E-state index contributed by atoms with van der Waals surface area (Å²) in [6.07, 6.45) is 2.00. The number of hydrogen-bond acceptors (Lipinski definition) is 4. The fourth-order valence-corrected chi connectivity index (χ4v) is 3.33. The molecule has 2 N–H and O–H groups in total. The quantitative estimate of drug-likeness (QED) is 0.866. The van der Waals surface area contributed by atoms with Crippen molar-refractivity contribution in [2.24, 2.45) is 16.6 Å². The standard InChI is InChI=1S/C16H14ClN3O/c17-11-5-2-1-4-9(11)14-10(8-18)16(19)20-12-6-3-7-13(21)15(12)14/h1-2,4-5,10,14H,3,6-7H2,(H2,19,20)/t10?,14-/m1/s1. The van der Waals surface area contributed by atoms with Crippen LogP contribution in [-0.4, -0.2) is 11.6 Å². The van der Waals surface area contributed by atoms with E-state index in [0.29, 0.717) is 17.0 Å². The van der Waals surface area contributed by atoms with E-state index >= 15 is 0 Å². The minimum atomic E-state index is -0.647. The van der Waals surface area contributed by atoms with Crippen molar-refractivity contribution in [3.05, 3.63) is 46.1 Å². The second-order valence-corrected chi connectivity index (χ2v) is 5.69. The molecule has 1 aromatic carbocycles. The van der Waals surface area contributed by atoms with Crippen molar-refractivity contribution in [3.63, 3.8) is 0 Å². The Hall–Kier alpha value is -2.12. The third-order valence-electron chi connectivity index (χ3n) is 4.04. The Balaban J connectivity index is 2.22. The molecule has 0 saturated carbocycles. The van der Waals surface area contributed by atoms with Crippen LogP contribution >= 0.6 is 11.6 Å². The number of ketones is 1. The molecule has 4 nitrogen and oxygen atoms in total. The lowest BCUT2D eigenvalue weighted by atomic mass is 9.73. The van der Waals surface area contributed by atoms with Crippen molar-refractivity contribution < 1.29 is 4.79 Å². The van der Waals surface area contributed by atoms with Crippen LogP contribution < -0.4 is 5.73 Å². The number of rotatable bonds is 1. The number of allylic oxidation sites excluding steroid dienone is 2. The number of nitriles is 1. The second kappa shape index (κ2) is 5.34. The van der Waals surface area contributed by atoms with Crippen LogP contribution in [0, 0.1) is 17.2 Å². The Bertz CT molecular complexity index is 714. The molecule has 5 heteroatoms. The second-order valence-electron chi connectivity index (χ2n) is 5.28. The molecule has 0 fully saturated rings. The van der Waals surface area contributed by atoms with Gasteiger partial charge in [-0.25, -0.2) is 4.99 Å². The Morgan fingerprint density at radius 3 is 2.81 bits per heavy atom. The molecule has 0 saturated heterocycles. The molecule has 2 aliphatic rings. The van der Waals surface area contributed by atoms with Gasteiger partial charge >= 0.3 is 0 Å². The highest BCUT2D eigenvalue weighted by Gasteiger charge is 2.40. The maximum Gasteiger partial charge on any atom is 0.161 e. The van der Waals surface area contributed by atoms with Gasteiger partial charge in [0.25, 0.3) is 0 Å². The van der Waals surface area contributed by atoms with Crippen LogP contribution in [0.1, 0.15) is 30.7 Å². The smallest absolute Gasteiger partial charge is 0.161 e. The van der Waals surface area contributed by atoms with Crippen molar-refractivity contribution >= 4 is 23.2 Å². The van der Waals surface area contributed by atoms with Crippen molar-refractivity contribution in [1.82, 2.24) is 0 Å². The van der Waals surface area contributed by atoms with Crippen molar-refractivity contribution in [2.45, 2.75) is 25.2 Å². The van der Waals surface area contributed by atoms with E-state index in [2.05, 4.69) is 11.1 Å². The Labute approximate surface area is 127 Å². The largest absolute Gasteiger partial charge is 0.386 e. The minimum absolute atomic E-state index is 0.0534. The monoisotopic (exact) mass is 299 g/mol. The number of nitrogens with two attached hydrogens (primary N) is 1. The zero-order valence-electron chi connectivity index (χ0n) is 11.3. The molecule has 1 heterocycles. The van der Waals surface area contributed by atoms with E-state index in [0.717, 1.165) is 24.1 Å². The van der Waals surface area contributed by atoms with Gasteiger partial charge in [0.2, 0.25) is 0 Å². The molecule has 1 unspecified atom stereocenters. The summed E-state index contributed by atoms with van der Waals surface area (Å²) in [6, 6.07) is 9.47. The van der Waals surface area contributed by atoms with Gasteiger partial charge in [-0.3, -0.25) is 4.79 Å². The van der Waals surface area contributed by atoms with E-state index in [1.54, 1.807) is 6.07 Å². The summed E-state index contributed by atoms with van der Waals surface area (Å²) < 4.78 is 0. The maximum atomic E-state index is 12.4. The first-order chi connectivity index (χ1) is 10.1. The molecular weight excluding hydrogens is 286 g/mol. The molecule has 106 valence electrons. The highest BCUT2D eigenvalue weighted by molar-refractivity contribution is 6.31. The Kier molecular flexibility index (Phi) is 3.52. The van der Waals surface area contributed by atoms with E-state index in [4.69, 9.17) is 17.3 Å². The average molecular weight is 300 g/mol. The first-order valence-corrected chi connectivity index (χ1v) is 7.25. The minimum Gasteiger partial charge on any atom is -0.386 e. The Morgan fingerprint density at radius 2 is 2.10 bits per heavy atom. The van der Waals surface area contributed by atoms with Gasteiger partial charge in [0.05, 0.1) is 6.07 Å². The van der Waals surface area contributed by atoms with Gasteiger partial charge in [-0.15, -0.1) is 0 Å². The topological polar surface area (TPSA) is 79.2 Å². The van der Waals surface area contributed by atoms with Gasteiger partial charge in [0, 0.05) is 28.6 Å². The number of aliphatic imine (C=N–C) groups is 1. The lowest BCUT2D eigenvalue weighted by Crippen LogP contribution is -2.36. The molecule has 21 heavy (non-hydrogen) atoms. The Morgan fingerprint density at radius 1 is 1.33 bits per heavy atom. The maximum absolute atomic E-state index is 12.4. The van der Waals surface area contributed by atoms with E-state index in [1.807, 2.05) is 18.2 Å². The fourth-order valence-electron chi connectivity index (χ4n) is 3.08. The summed E-state index contributed by atoms with van der Waals surface area (Å²) in [6.45, 7) is 0. The van der Waals surface area contributed by atoms with Crippen molar-refractivity contribution in [2.75, 3.05) is 0 Å². The molecule has 3 rings (SSSR count). The van der Waals surface area contributed by atoms with Crippen LogP contribution in [0.2, 0.25) is 5.02 Å². The normalized spacial score (nSPS) is 25.1. The fraction of sp³-hybridized carbons (Fsp3) is 0.312. The molecule has 0 spiro atoms. The van der Waals surface area contributed by atoms with Crippen molar-refractivity contribution in [3.8, 4) is 6.07 Å². The molecule has 1 aliphatic carbocycles. The molecule has 0 aromatic heterocycles. The van der Waals surface area contributed by atoms with Crippen LogP contribution in [0.15, 0.2) is 40.5 Å². The predicted octanol–water partition coefficient (Wildman–Crippen LogP) is 2.94. The number of Topliss-reactive ketones (excluding diaryl/α,β-unsaturated/α-hetero) is 1. The van der Waals surface area contributed by atoms with Gasteiger partial charge in [-0.1, -0.05) is 29.8 Å². The summed E-state index contributed by atoms with van der Waals surface area (Å²) in [5.41, 5.74) is 8.07. The van der Waals surface area contributed by atoms with Gasteiger partial charge in [-0.2, -0.15) is 5.26 Å². The third kappa shape index (κ3) is 2.24. The molecule has 0 amide bonds. The van der Waals surface area contributed by atoms with Gasteiger partial charge in [-0.05, 0) is 24.5 Å². The van der Waals surface area contributed by atoms with Gasteiger partial charge in [0.1, 0.15) is 11.8 Å². The van der Waals surface area contributed by atoms with Gasteiger partial charge < -0.3 is 5.73 Å². The van der Waals surface area contributed by atoms with Crippen LogP contribution in [0.3, 0.4) is 0 Å². The molecule has 0 radical (unpaired) electrons. The van der Waals surface area contributed by atoms with Crippen LogP contribution in [0.5, 0.6) is 0 Å². The van der Waals surface area contributed by atoms with E-state index in [9.17, 15) is 10.1 Å². The number of carbonyl (C=O) groups is 1. The first-order valence-electron chi connectivity index (χ1n) is 6.88. The number of hydrogen-bond donors (Lipinski definition) is 1. The predicted molar refractivity (Wildman–Crippen MR) is 80.8 cm³/mol. The lowest BCUT2D eigenvalue weighted by molar-refractivity contribution is -0.116. The number of carbonyl (C=O) groups excluding carboxylic acids is 1. The summed E-state index contributed by atoms with van der Waals surface area (Å²) in [5.74, 6) is -0.733. The zero-order chi connectivity index (χ0) is 15.0. The van der Waals surface area contributed by atoms with E-state index in [-0.39, 0.29) is 11.6 Å². The highest BCUT2D eigenvalue weighted by Crippen LogP contribution is 2.43. The summed E-state index contributed by atoms with van der Waals surface area (Å²) in [5, 5.41) is 10.0. The van der Waals surface area contributed by atoms with Crippen LogP contribution in [-0.2, 0) is 4.79 Å². The van der Waals surface area contributed by atoms with Crippen molar-refractivity contribution in [1.29, 1.82) is 5.26 Å². The summed E-state index contributed by atoms with van der Waals surface area (Å²) in [4.78, 5) is 16.7. The van der Waals surface area contributed by atoms with Crippen LogP contribution in [0.4, 0.5) is 0 Å². The number of amidine groups is 1. The molecule has 1 aliphatic heterocycles. The SMILES string of the molecule is N#CC1C(N)=NC2=C(C(=O)CCC2)[C@@H]1c1ccccc1Cl. The van der Waals surface area contributed by atoms with Crippen LogP contribution in [0.25, 0.3) is 0 Å². The summed E-state index contributed by atoms with van der Waals surface area (Å²) >= 11 is 6.28. The first kappa shape index (κ1) is 13.8. The summed E-state index contributed by atoms with van der Waals surface area (Å²) in [7, 11) is 0. The lowest BCUT2D eigenvalue weighted by Gasteiger charge is -2.32. The molecule has 1 aromatic rings. The van der Waals surface area contributed by atoms with E-state index < -0.39 is 11.8 Å². The molecule has 0 bridgehead atoms. The van der Waals surface area contributed by atoms with Gasteiger partial charge in [0.15, 0.2) is 5.78 Å². The number of halogens is 1. The molecular formula is C16H14ClN3O. The highest BCUT2D eigenvalue weighted by atomic mass is 35.5. The zero-order valence-corrected chi connectivity index (χ0v) is 12.1. The van der Waals surface area contributed by atoms with E-state index in [1.165, 1.54) is 0 Å². The average Bonchev–Trinajstić information content (AvgIpc) is 2.47.